The smallest absolute Gasteiger partial charge is 0.345 e. The van der Waals surface area contributed by atoms with E-state index in [1.165, 1.54) is 0 Å². The third-order valence-corrected chi connectivity index (χ3v) is 5.42. The minimum Gasteiger partial charge on any atom is -0.506 e. The molecule has 0 spiro atoms. The van der Waals surface area contributed by atoms with Crippen molar-refractivity contribution in [1.82, 2.24) is 14.9 Å². The van der Waals surface area contributed by atoms with Crippen molar-refractivity contribution in [3.8, 4) is 22.8 Å². The van der Waals surface area contributed by atoms with Gasteiger partial charge in [0, 0.05) is 61.9 Å². The van der Waals surface area contributed by atoms with E-state index in [0.717, 1.165) is 23.1 Å². The molecule has 158 valence electrons. The zero-order valence-electron chi connectivity index (χ0n) is 16.7. The summed E-state index contributed by atoms with van der Waals surface area (Å²) in [6.45, 7) is 2.27. The molecule has 30 heavy (non-hydrogen) atoms. The van der Waals surface area contributed by atoms with E-state index in [4.69, 9.17) is 9.47 Å². The van der Waals surface area contributed by atoms with Crippen LogP contribution in [0, 0.1) is 0 Å². The number of hydrogen-bond acceptors (Lipinski definition) is 6. The lowest BCUT2D eigenvalue weighted by Crippen LogP contribution is -2.20. The summed E-state index contributed by atoms with van der Waals surface area (Å²) in [6, 6.07) is 5.84. The Labute approximate surface area is 171 Å². The first-order valence-electron chi connectivity index (χ1n) is 9.59. The Morgan fingerprint density at radius 1 is 1.37 bits per heavy atom. The molecule has 1 aromatic carbocycles. The number of aromatic nitrogens is 2. The maximum atomic E-state index is 12.3. The second kappa shape index (κ2) is 7.85. The molecule has 4 rings (SSSR count). The van der Waals surface area contributed by atoms with Gasteiger partial charge in [-0.1, -0.05) is 0 Å². The lowest BCUT2D eigenvalue weighted by atomic mass is 9.99. The van der Waals surface area contributed by atoms with Gasteiger partial charge in [-0.2, -0.15) is 0 Å². The normalized spacial score (nSPS) is 12.9. The number of benzene rings is 1. The van der Waals surface area contributed by atoms with Crippen molar-refractivity contribution in [2.24, 2.45) is 7.05 Å². The summed E-state index contributed by atoms with van der Waals surface area (Å²) in [4.78, 5) is 26.3. The number of aromatic hydroxyl groups is 1. The van der Waals surface area contributed by atoms with Gasteiger partial charge in [0.25, 0.3) is 5.56 Å². The summed E-state index contributed by atoms with van der Waals surface area (Å²) in [5, 5.41) is 24.0. The minimum absolute atomic E-state index is 0.250. The van der Waals surface area contributed by atoms with Crippen molar-refractivity contribution in [2.75, 3.05) is 26.9 Å². The van der Waals surface area contributed by atoms with Crippen LogP contribution in [0.2, 0.25) is 0 Å². The number of aryl methyl sites for hydroxylation is 1. The number of H-pyrrole nitrogens is 1. The maximum Gasteiger partial charge on any atom is 0.345 e. The van der Waals surface area contributed by atoms with E-state index in [0.29, 0.717) is 35.7 Å². The Hall–Kier alpha value is -3.30. The number of nitrogens with one attached hydrogen (secondary N) is 2. The first-order chi connectivity index (χ1) is 14.4. The van der Waals surface area contributed by atoms with E-state index in [9.17, 15) is 19.8 Å². The fraction of sp³-hybridized carbons (Fsp3) is 0.333. The van der Waals surface area contributed by atoms with Gasteiger partial charge in [-0.05, 0) is 12.1 Å². The van der Waals surface area contributed by atoms with Gasteiger partial charge >= 0.3 is 5.97 Å². The van der Waals surface area contributed by atoms with Crippen LogP contribution in [0.1, 0.15) is 21.6 Å². The number of pyridine rings is 1. The van der Waals surface area contributed by atoms with Crippen molar-refractivity contribution in [3.05, 3.63) is 45.4 Å². The van der Waals surface area contributed by atoms with Gasteiger partial charge in [-0.3, -0.25) is 4.79 Å². The van der Waals surface area contributed by atoms with Crippen LogP contribution in [0.25, 0.3) is 22.2 Å². The predicted octanol–water partition coefficient (Wildman–Crippen LogP) is 1.61. The van der Waals surface area contributed by atoms with Gasteiger partial charge in [0.05, 0.1) is 24.4 Å². The molecule has 2 aromatic heterocycles. The number of fused-ring (bicyclic) bond motifs is 4. The van der Waals surface area contributed by atoms with E-state index in [2.05, 4.69) is 14.9 Å². The fourth-order valence-electron chi connectivity index (χ4n) is 3.86. The summed E-state index contributed by atoms with van der Waals surface area (Å²) in [5.41, 5.74) is 1.91. The van der Waals surface area contributed by atoms with Crippen LogP contribution in [0.5, 0.6) is 11.5 Å². The lowest BCUT2D eigenvalue weighted by molar-refractivity contribution is 0.0691. The van der Waals surface area contributed by atoms with Crippen LogP contribution < -0.4 is 15.6 Å². The van der Waals surface area contributed by atoms with Crippen molar-refractivity contribution < 1.29 is 24.5 Å². The first-order valence-corrected chi connectivity index (χ1v) is 9.59. The second-order valence-electron chi connectivity index (χ2n) is 7.21. The second-order valence-corrected chi connectivity index (χ2v) is 7.21. The summed E-state index contributed by atoms with van der Waals surface area (Å²) in [7, 11) is 3.63. The molecule has 0 saturated carbocycles. The number of aromatic carboxylic acids is 1. The Morgan fingerprint density at radius 2 is 2.17 bits per heavy atom. The number of carbonyl (C=O) groups is 1. The van der Waals surface area contributed by atoms with Gasteiger partial charge in [-0.15, -0.1) is 0 Å². The van der Waals surface area contributed by atoms with Crippen molar-refractivity contribution in [2.45, 2.75) is 13.0 Å². The molecule has 0 fully saturated rings. The van der Waals surface area contributed by atoms with E-state index >= 15 is 0 Å². The number of carboxylic acids is 1. The van der Waals surface area contributed by atoms with Crippen LogP contribution in [0.15, 0.2) is 23.0 Å². The maximum absolute atomic E-state index is 12.3. The van der Waals surface area contributed by atoms with E-state index in [1.807, 2.05) is 25.2 Å². The SMILES string of the molecule is COCCNCc1cc2cc3c(cc2n1C)OCCc1c-3[nH]c(=O)c(C(=O)O)c1O. The molecule has 0 bridgehead atoms. The van der Waals surface area contributed by atoms with Crippen LogP contribution in [-0.4, -0.2) is 52.6 Å². The average molecular weight is 413 g/mol. The molecule has 0 atom stereocenters. The summed E-state index contributed by atoms with van der Waals surface area (Å²) >= 11 is 0. The quantitative estimate of drug-likeness (QED) is 0.452. The summed E-state index contributed by atoms with van der Waals surface area (Å²) < 4.78 is 13.0. The standard InChI is InChI=1S/C21H23N3O6/c1-24-12(10-22-4-6-29-2)7-11-8-14-16(9-15(11)24)30-5-3-13-18(14)23-20(26)17(19(13)25)21(27)28/h7-9,22H,3-6,10H2,1-2H3,(H,27,28)(H2,23,25,26). The highest BCUT2D eigenvalue weighted by molar-refractivity contribution is 5.94. The summed E-state index contributed by atoms with van der Waals surface area (Å²) in [5.74, 6) is -1.40. The number of aromatic amines is 1. The molecule has 0 aliphatic carbocycles. The van der Waals surface area contributed by atoms with Crippen LogP contribution in [-0.2, 0) is 24.8 Å². The Kier molecular flexibility index (Phi) is 5.23. The number of rotatable bonds is 6. The van der Waals surface area contributed by atoms with Gasteiger partial charge < -0.3 is 34.6 Å². The Bertz CT molecular complexity index is 1190. The molecule has 3 heterocycles. The molecule has 1 aliphatic rings. The number of ether oxygens (including phenoxy) is 2. The van der Waals surface area contributed by atoms with Crippen LogP contribution >= 0.6 is 0 Å². The van der Waals surface area contributed by atoms with Crippen molar-refractivity contribution >= 4 is 16.9 Å². The van der Waals surface area contributed by atoms with E-state index in [-0.39, 0.29) is 13.0 Å². The highest BCUT2D eigenvalue weighted by Crippen LogP contribution is 2.40. The monoisotopic (exact) mass is 413 g/mol. The first kappa shape index (κ1) is 20.0. The zero-order valence-corrected chi connectivity index (χ0v) is 16.7. The lowest BCUT2D eigenvalue weighted by Gasteiger charge is -2.12. The van der Waals surface area contributed by atoms with Crippen LogP contribution in [0.3, 0.4) is 0 Å². The molecule has 0 radical (unpaired) electrons. The van der Waals surface area contributed by atoms with E-state index in [1.54, 1.807) is 7.11 Å². The molecule has 0 unspecified atom stereocenters. The number of nitrogens with zero attached hydrogens (tertiary/aromatic N) is 1. The predicted molar refractivity (Wildman–Crippen MR) is 110 cm³/mol. The fourth-order valence-corrected chi connectivity index (χ4v) is 3.86. The molecule has 0 amide bonds. The molecule has 1 aliphatic heterocycles. The van der Waals surface area contributed by atoms with Gasteiger partial charge in [0.1, 0.15) is 11.5 Å². The molecule has 4 N–H and O–H groups in total. The number of methoxy groups -OCH3 is 1. The highest BCUT2D eigenvalue weighted by Gasteiger charge is 2.26. The Balaban J connectivity index is 1.83. The molecule has 9 heteroatoms. The molecule has 3 aromatic rings. The zero-order chi connectivity index (χ0) is 21.4. The van der Waals surface area contributed by atoms with Crippen molar-refractivity contribution in [1.29, 1.82) is 0 Å². The highest BCUT2D eigenvalue weighted by atomic mass is 16.5. The Morgan fingerprint density at radius 3 is 2.90 bits per heavy atom. The molecular formula is C21H23N3O6. The molecule has 9 nitrogen and oxygen atoms in total. The number of carboxylic acid groups (broad SMARTS) is 1. The van der Waals surface area contributed by atoms with Gasteiger partial charge in [0.15, 0.2) is 5.56 Å². The van der Waals surface area contributed by atoms with Crippen molar-refractivity contribution in [3.63, 3.8) is 0 Å². The molecular weight excluding hydrogens is 390 g/mol. The number of hydrogen-bond donors (Lipinski definition) is 4. The largest absolute Gasteiger partial charge is 0.506 e. The van der Waals surface area contributed by atoms with Crippen LogP contribution in [0.4, 0.5) is 0 Å². The van der Waals surface area contributed by atoms with E-state index < -0.39 is 22.8 Å². The van der Waals surface area contributed by atoms with Gasteiger partial charge in [0.2, 0.25) is 0 Å². The molecule has 0 saturated heterocycles. The van der Waals surface area contributed by atoms with Gasteiger partial charge in [-0.25, -0.2) is 4.79 Å². The topological polar surface area (TPSA) is 126 Å². The summed E-state index contributed by atoms with van der Waals surface area (Å²) in [6.07, 6.45) is 0.276. The third-order valence-electron chi connectivity index (χ3n) is 5.42. The average Bonchev–Trinajstić information content (AvgIpc) is 2.89. The minimum atomic E-state index is -1.47. The third kappa shape index (κ3) is 3.31.